The number of amidine groups is 1. The third-order valence-electron chi connectivity index (χ3n) is 3.50. The first-order chi connectivity index (χ1) is 11.2. The third kappa shape index (κ3) is 3.55. The Bertz CT molecular complexity index is 868. The number of para-hydroxylation sites is 1. The van der Waals surface area contributed by atoms with Crippen molar-refractivity contribution in [2.45, 2.75) is 6.54 Å². The predicted octanol–water partition coefficient (Wildman–Crippen LogP) is 2.93. The topological polar surface area (TPSA) is 60.4 Å². The van der Waals surface area contributed by atoms with Gasteiger partial charge in [-0.25, -0.2) is 4.99 Å². The lowest BCUT2D eigenvalue weighted by atomic mass is 10.2. The van der Waals surface area contributed by atoms with Crippen LogP contribution in [0.1, 0.15) is 11.1 Å². The molecule has 0 fully saturated rings. The lowest BCUT2D eigenvalue weighted by Gasteiger charge is -2.08. The van der Waals surface area contributed by atoms with Gasteiger partial charge >= 0.3 is 0 Å². The molecule has 0 saturated heterocycles. The first-order valence-corrected chi connectivity index (χ1v) is 7.37. The lowest BCUT2D eigenvalue weighted by Crippen LogP contribution is -2.29. The van der Waals surface area contributed by atoms with Crippen LogP contribution in [-0.2, 0) is 6.54 Å². The van der Waals surface area contributed by atoms with Crippen LogP contribution in [0.3, 0.4) is 0 Å². The van der Waals surface area contributed by atoms with Gasteiger partial charge in [0.05, 0.1) is 17.8 Å². The van der Waals surface area contributed by atoms with Gasteiger partial charge in [0.25, 0.3) is 5.56 Å². The van der Waals surface area contributed by atoms with Gasteiger partial charge in [-0.3, -0.25) is 4.79 Å². The molecule has 4 heteroatoms. The lowest BCUT2D eigenvalue weighted by molar-refractivity contribution is 0.757. The number of hydrogen-bond acceptors (Lipinski definition) is 2. The van der Waals surface area contributed by atoms with Crippen molar-refractivity contribution in [2.75, 3.05) is 0 Å². The molecule has 0 radical (unpaired) electrons. The number of aliphatic imine (C=N–C) groups is 1. The first-order valence-electron chi connectivity index (χ1n) is 7.37. The van der Waals surface area contributed by atoms with Crippen LogP contribution in [0.15, 0.2) is 88.8 Å². The van der Waals surface area contributed by atoms with E-state index >= 15 is 0 Å². The zero-order chi connectivity index (χ0) is 16.1. The summed E-state index contributed by atoms with van der Waals surface area (Å²) in [5.41, 5.74) is 8.08. The van der Waals surface area contributed by atoms with E-state index in [1.54, 1.807) is 16.8 Å². The van der Waals surface area contributed by atoms with Crippen molar-refractivity contribution in [1.29, 1.82) is 0 Å². The largest absolute Gasteiger partial charge is 0.383 e. The van der Waals surface area contributed by atoms with Gasteiger partial charge in [0.2, 0.25) is 0 Å². The Balaban J connectivity index is 1.94. The average Bonchev–Trinajstić information content (AvgIpc) is 2.58. The van der Waals surface area contributed by atoms with Crippen molar-refractivity contribution in [3.05, 3.63) is 100 Å². The fourth-order valence-corrected chi connectivity index (χ4v) is 2.34. The van der Waals surface area contributed by atoms with Gasteiger partial charge in [0.1, 0.15) is 5.84 Å². The summed E-state index contributed by atoms with van der Waals surface area (Å²) >= 11 is 0. The Morgan fingerprint density at radius 3 is 2.26 bits per heavy atom. The van der Waals surface area contributed by atoms with Gasteiger partial charge in [0, 0.05) is 6.20 Å². The van der Waals surface area contributed by atoms with E-state index in [2.05, 4.69) is 4.99 Å². The highest BCUT2D eigenvalue weighted by molar-refractivity contribution is 5.98. The number of nitrogens with zero attached hydrogens (tertiary/aromatic N) is 2. The quantitative estimate of drug-likeness (QED) is 0.595. The summed E-state index contributed by atoms with van der Waals surface area (Å²) in [4.78, 5) is 16.9. The molecule has 3 aromatic rings. The molecule has 2 N–H and O–H groups in total. The molecule has 23 heavy (non-hydrogen) atoms. The molecule has 0 aliphatic carbocycles. The molecular formula is C19H17N3O. The molecule has 2 aromatic carbocycles. The Kier molecular flexibility index (Phi) is 4.34. The number of hydrogen-bond donors (Lipinski definition) is 1. The number of nitrogens with two attached hydrogens (primary N) is 1. The molecule has 0 aliphatic rings. The average molecular weight is 303 g/mol. The normalized spacial score (nSPS) is 11.4. The highest BCUT2D eigenvalue weighted by atomic mass is 16.1. The minimum absolute atomic E-state index is 0.145. The zero-order valence-corrected chi connectivity index (χ0v) is 12.6. The second kappa shape index (κ2) is 6.75. The van der Waals surface area contributed by atoms with Crippen LogP contribution in [0.4, 0.5) is 5.69 Å². The van der Waals surface area contributed by atoms with Crippen molar-refractivity contribution >= 4 is 11.5 Å². The van der Waals surface area contributed by atoms with Gasteiger partial charge < -0.3 is 10.3 Å². The molecular weight excluding hydrogens is 286 g/mol. The molecule has 0 atom stereocenters. The smallest absolute Gasteiger partial charge is 0.261 e. The molecule has 3 rings (SSSR count). The summed E-state index contributed by atoms with van der Waals surface area (Å²) in [6, 6.07) is 22.7. The third-order valence-corrected chi connectivity index (χ3v) is 3.50. The zero-order valence-electron chi connectivity index (χ0n) is 12.6. The first kappa shape index (κ1) is 14.8. The molecule has 1 heterocycles. The van der Waals surface area contributed by atoms with Crippen LogP contribution < -0.4 is 11.3 Å². The van der Waals surface area contributed by atoms with Crippen LogP contribution in [0.5, 0.6) is 0 Å². The van der Waals surface area contributed by atoms with Crippen LogP contribution in [0.2, 0.25) is 0 Å². The van der Waals surface area contributed by atoms with Gasteiger partial charge in [-0.2, -0.15) is 0 Å². The molecule has 0 aliphatic heterocycles. The standard InChI is InChI=1S/C19H17N3O/c20-18(21-16-10-5-2-6-11-16)17-12-7-13-22(19(17)23)14-15-8-3-1-4-9-15/h1-13H,14H2,(H2,20,21). The molecule has 4 nitrogen and oxygen atoms in total. The van der Waals surface area contributed by atoms with Crippen LogP contribution in [0.25, 0.3) is 0 Å². The summed E-state index contributed by atoms with van der Waals surface area (Å²) in [5.74, 6) is 0.226. The summed E-state index contributed by atoms with van der Waals surface area (Å²) in [7, 11) is 0. The SMILES string of the molecule is NC(=Nc1ccccc1)c1cccn(Cc2ccccc2)c1=O. The van der Waals surface area contributed by atoms with E-state index in [9.17, 15) is 4.79 Å². The van der Waals surface area contributed by atoms with Crippen molar-refractivity contribution in [3.63, 3.8) is 0 Å². The fraction of sp³-hybridized carbons (Fsp3) is 0.0526. The van der Waals surface area contributed by atoms with E-state index in [-0.39, 0.29) is 11.4 Å². The molecule has 0 bridgehead atoms. The van der Waals surface area contributed by atoms with E-state index in [0.717, 1.165) is 11.3 Å². The van der Waals surface area contributed by atoms with Gasteiger partial charge in [0.15, 0.2) is 0 Å². The van der Waals surface area contributed by atoms with E-state index in [1.165, 1.54) is 0 Å². The maximum Gasteiger partial charge on any atom is 0.261 e. The molecule has 1 aromatic heterocycles. The Hall–Kier alpha value is -3.14. The van der Waals surface area contributed by atoms with Gasteiger partial charge in [-0.1, -0.05) is 48.5 Å². The Morgan fingerprint density at radius 2 is 1.57 bits per heavy atom. The Labute approximate surface area is 134 Å². The highest BCUT2D eigenvalue weighted by Crippen LogP contribution is 2.10. The number of pyridine rings is 1. The van der Waals surface area contributed by atoms with E-state index in [0.29, 0.717) is 12.1 Å². The van der Waals surface area contributed by atoms with Crippen LogP contribution in [-0.4, -0.2) is 10.4 Å². The van der Waals surface area contributed by atoms with Crippen molar-refractivity contribution in [2.24, 2.45) is 10.7 Å². The van der Waals surface area contributed by atoms with E-state index in [1.807, 2.05) is 66.7 Å². The van der Waals surface area contributed by atoms with Crippen molar-refractivity contribution in [1.82, 2.24) is 4.57 Å². The van der Waals surface area contributed by atoms with E-state index in [4.69, 9.17) is 5.73 Å². The second-order valence-electron chi connectivity index (χ2n) is 5.17. The minimum Gasteiger partial charge on any atom is -0.383 e. The van der Waals surface area contributed by atoms with E-state index < -0.39 is 0 Å². The van der Waals surface area contributed by atoms with Crippen molar-refractivity contribution < 1.29 is 0 Å². The molecule has 0 spiro atoms. The number of aromatic nitrogens is 1. The highest BCUT2D eigenvalue weighted by Gasteiger charge is 2.07. The molecule has 0 unspecified atom stereocenters. The monoisotopic (exact) mass is 303 g/mol. The summed E-state index contributed by atoms with van der Waals surface area (Å²) < 4.78 is 1.64. The van der Waals surface area contributed by atoms with Crippen molar-refractivity contribution in [3.8, 4) is 0 Å². The predicted molar refractivity (Wildman–Crippen MR) is 93.1 cm³/mol. The summed E-state index contributed by atoms with van der Waals surface area (Å²) in [5, 5.41) is 0. The van der Waals surface area contributed by atoms with Gasteiger partial charge in [-0.15, -0.1) is 0 Å². The molecule has 0 saturated carbocycles. The Morgan fingerprint density at radius 1 is 0.913 bits per heavy atom. The van der Waals surface area contributed by atoms with Crippen LogP contribution in [0, 0.1) is 0 Å². The maximum absolute atomic E-state index is 12.6. The minimum atomic E-state index is -0.145. The molecule has 0 amide bonds. The summed E-state index contributed by atoms with van der Waals surface area (Å²) in [6.45, 7) is 0.506. The fourth-order valence-electron chi connectivity index (χ4n) is 2.34. The second-order valence-corrected chi connectivity index (χ2v) is 5.17. The number of benzene rings is 2. The maximum atomic E-state index is 12.6. The number of rotatable bonds is 4. The molecule has 114 valence electrons. The van der Waals surface area contributed by atoms with Crippen LogP contribution >= 0.6 is 0 Å². The summed E-state index contributed by atoms with van der Waals surface area (Å²) in [6.07, 6.45) is 1.76. The van der Waals surface area contributed by atoms with Gasteiger partial charge in [-0.05, 0) is 29.8 Å².